The lowest BCUT2D eigenvalue weighted by atomic mass is 10.1. The van der Waals surface area contributed by atoms with E-state index in [1.807, 2.05) is 20.8 Å². The molecule has 0 radical (unpaired) electrons. The van der Waals surface area contributed by atoms with Gasteiger partial charge >= 0.3 is 0 Å². The van der Waals surface area contributed by atoms with Gasteiger partial charge in [-0.2, -0.15) is 9.78 Å². The SMILES string of the molecule is Cc1ccc(S(=O)(=O)NC[C@@H]2CCC(C)(C)O2)cc1-c1cnc(N)c(-n2cncn2)n1. The van der Waals surface area contributed by atoms with Crippen molar-refractivity contribution in [2.24, 2.45) is 0 Å². The molecule has 1 aliphatic heterocycles. The highest BCUT2D eigenvalue weighted by atomic mass is 32.2. The summed E-state index contributed by atoms with van der Waals surface area (Å²) in [6.07, 6.45) is 5.93. The van der Waals surface area contributed by atoms with Gasteiger partial charge in [0.1, 0.15) is 12.7 Å². The first kappa shape index (κ1) is 21.3. The molecule has 1 aromatic carbocycles. The monoisotopic (exact) mass is 443 g/mol. The molecular formula is C20H25N7O3S. The molecule has 2 aromatic heterocycles. The summed E-state index contributed by atoms with van der Waals surface area (Å²) >= 11 is 0. The molecule has 164 valence electrons. The number of nitrogens with two attached hydrogens (primary N) is 1. The van der Waals surface area contributed by atoms with Crippen molar-refractivity contribution < 1.29 is 13.2 Å². The maximum atomic E-state index is 12.9. The summed E-state index contributed by atoms with van der Waals surface area (Å²) < 4.78 is 35.8. The molecule has 0 aliphatic carbocycles. The molecule has 1 saturated heterocycles. The van der Waals surface area contributed by atoms with E-state index in [0.717, 1.165) is 18.4 Å². The smallest absolute Gasteiger partial charge is 0.240 e. The molecule has 0 unspecified atom stereocenters. The van der Waals surface area contributed by atoms with Gasteiger partial charge in [-0.25, -0.2) is 28.1 Å². The molecule has 4 rings (SSSR count). The summed E-state index contributed by atoms with van der Waals surface area (Å²) in [6, 6.07) is 4.90. The first-order valence-corrected chi connectivity index (χ1v) is 11.4. The van der Waals surface area contributed by atoms with E-state index in [-0.39, 0.29) is 29.0 Å². The Bertz CT molecular complexity index is 1190. The summed E-state index contributed by atoms with van der Waals surface area (Å²) in [4.78, 5) is 12.8. The van der Waals surface area contributed by atoms with Gasteiger partial charge in [0.2, 0.25) is 10.0 Å². The van der Waals surface area contributed by atoms with Crippen molar-refractivity contribution in [3.8, 4) is 17.1 Å². The minimum Gasteiger partial charge on any atom is -0.381 e. The predicted molar refractivity (Wildman–Crippen MR) is 115 cm³/mol. The Kier molecular flexibility index (Phi) is 5.50. The Balaban J connectivity index is 1.61. The lowest BCUT2D eigenvalue weighted by Crippen LogP contribution is -2.33. The molecule has 0 amide bonds. The molecule has 0 saturated carbocycles. The number of ether oxygens (including phenoxy) is 1. The standard InChI is InChI=1S/C20H25N7O3S/c1-13-4-5-15(31(28,29)25-9-14-6-7-20(2,3)30-14)8-16(13)17-10-23-18(21)19(26-17)27-12-22-11-24-27/h4-5,8,10-12,14,25H,6-7,9H2,1-3H3,(H2,21,23)/t14-/m0/s1. The number of aryl methyl sites for hydroxylation is 1. The Hall–Kier alpha value is -2.89. The zero-order chi connectivity index (χ0) is 22.2. The second-order valence-electron chi connectivity index (χ2n) is 8.17. The number of nitrogens with zero attached hydrogens (tertiary/aromatic N) is 5. The fraction of sp³-hybridized carbons (Fsp3) is 0.400. The first-order chi connectivity index (χ1) is 14.6. The zero-order valence-corrected chi connectivity index (χ0v) is 18.4. The summed E-state index contributed by atoms with van der Waals surface area (Å²) in [5, 5.41) is 4.04. The van der Waals surface area contributed by atoms with Crippen LogP contribution in [0.2, 0.25) is 0 Å². The van der Waals surface area contributed by atoms with Crippen LogP contribution in [-0.2, 0) is 14.8 Å². The Labute approximate surface area is 180 Å². The van der Waals surface area contributed by atoms with Crippen molar-refractivity contribution in [2.45, 2.75) is 50.2 Å². The van der Waals surface area contributed by atoms with Crippen molar-refractivity contribution in [1.29, 1.82) is 0 Å². The van der Waals surface area contributed by atoms with E-state index in [2.05, 4.69) is 24.8 Å². The van der Waals surface area contributed by atoms with Gasteiger partial charge in [0, 0.05) is 12.1 Å². The van der Waals surface area contributed by atoms with Gasteiger partial charge < -0.3 is 10.5 Å². The van der Waals surface area contributed by atoms with E-state index in [1.54, 1.807) is 18.2 Å². The summed E-state index contributed by atoms with van der Waals surface area (Å²) in [7, 11) is -3.72. The lowest BCUT2D eigenvalue weighted by molar-refractivity contribution is -0.0122. The summed E-state index contributed by atoms with van der Waals surface area (Å²) in [5.74, 6) is 0.513. The summed E-state index contributed by atoms with van der Waals surface area (Å²) in [5.41, 5.74) is 7.68. The third-order valence-corrected chi connectivity index (χ3v) is 6.69. The third-order valence-electron chi connectivity index (χ3n) is 5.27. The van der Waals surface area contributed by atoms with Crippen LogP contribution >= 0.6 is 0 Å². The van der Waals surface area contributed by atoms with Crippen LogP contribution in [-0.4, -0.2) is 51.4 Å². The van der Waals surface area contributed by atoms with E-state index in [4.69, 9.17) is 10.5 Å². The highest BCUT2D eigenvalue weighted by molar-refractivity contribution is 7.89. The van der Waals surface area contributed by atoms with E-state index in [0.29, 0.717) is 17.1 Å². The summed E-state index contributed by atoms with van der Waals surface area (Å²) in [6.45, 7) is 6.12. The molecule has 1 atom stereocenters. The van der Waals surface area contributed by atoms with Crippen LogP contribution in [0.3, 0.4) is 0 Å². The largest absolute Gasteiger partial charge is 0.381 e. The minimum absolute atomic E-state index is 0.136. The molecule has 31 heavy (non-hydrogen) atoms. The lowest BCUT2D eigenvalue weighted by Gasteiger charge is -2.19. The Morgan fingerprint density at radius 2 is 2.16 bits per heavy atom. The number of nitrogen functional groups attached to an aromatic ring is 1. The number of aromatic nitrogens is 5. The van der Waals surface area contributed by atoms with Gasteiger partial charge in [0.25, 0.3) is 0 Å². The molecule has 10 nitrogen and oxygen atoms in total. The molecule has 3 aromatic rings. The minimum atomic E-state index is -3.72. The number of hydrogen-bond acceptors (Lipinski definition) is 8. The predicted octanol–water partition coefficient (Wildman–Crippen LogP) is 1.85. The first-order valence-electron chi connectivity index (χ1n) is 9.91. The van der Waals surface area contributed by atoms with Gasteiger partial charge in [-0.1, -0.05) is 6.07 Å². The molecule has 11 heteroatoms. The van der Waals surface area contributed by atoms with Gasteiger partial charge in [0.05, 0.1) is 28.5 Å². The molecule has 1 aliphatic rings. The van der Waals surface area contributed by atoms with Crippen molar-refractivity contribution in [3.05, 3.63) is 42.6 Å². The van der Waals surface area contributed by atoms with Crippen LogP contribution in [0.4, 0.5) is 5.82 Å². The molecule has 0 spiro atoms. The van der Waals surface area contributed by atoms with E-state index in [1.165, 1.54) is 23.5 Å². The van der Waals surface area contributed by atoms with E-state index >= 15 is 0 Å². The van der Waals surface area contributed by atoms with Crippen LogP contribution in [0, 0.1) is 6.92 Å². The van der Waals surface area contributed by atoms with Gasteiger partial charge in [-0.15, -0.1) is 0 Å². The van der Waals surface area contributed by atoms with Crippen molar-refractivity contribution in [1.82, 2.24) is 29.5 Å². The van der Waals surface area contributed by atoms with Crippen molar-refractivity contribution in [2.75, 3.05) is 12.3 Å². The second kappa shape index (κ2) is 7.98. The topological polar surface area (TPSA) is 138 Å². The molecule has 0 bridgehead atoms. The zero-order valence-electron chi connectivity index (χ0n) is 17.6. The Morgan fingerprint density at radius 1 is 1.35 bits per heavy atom. The van der Waals surface area contributed by atoms with Gasteiger partial charge in [0.15, 0.2) is 11.6 Å². The molecule has 3 heterocycles. The number of anilines is 1. The van der Waals surface area contributed by atoms with E-state index < -0.39 is 10.0 Å². The quantitative estimate of drug-likeness (QED) is 0.589. The van der Waals surface area contributed by atoms with E-state index in [9.17, 15) is 8.42 Å². The fourth-order valence-corrected chi connectivity index (χ4v) is 4.65. The average molecular weight is 444 g/mol. The third kappa shape index (κ3) is 4.58. The fourth-order valence-electron chi connectivity index (χ4n) is 3.56. The maximum absolute atomic E-state index is 12.9. The highest BCUT2D eigenvalue weighted by Gasteiger charge is 2.32. The number of rotatable bonds is 6. The number of sulfonamides is 1. The van der Waals surface area contributed by atoms with Gasteiger partial charge in [-0.05, 0) is 51.3 Å². The normalized spacial score (nSPS) is 18.4. The van der Waals surface area contributed by atoms with Crippen LogP contribution in [0.1, 0.15) is 32.3 Å². The second-order valence-corrected chi connectivity index (χ2v) is 9.94. The number of benzene rings is 1. The average Bonchev–Trinajstić information content (AvgIpc) is 3.37. The van der Waals surface area contributed by atoms with Crippen molar-refractivity contribution >= 4 is 15.8 Å². The van der Waals surface area contributed by atoms with Crippen LogP contribution in [0.25, 0.3) is 17.1 Å². The Morgan fingerprint density at radius 3 is 2.84 bits per heavy atom. The molecular weight excluding hydrogens is 418 g/mol. The number of hydrogen-bond donors (Lipinski definition) is 2. The van der Waals surface area contributed by atoms with Crippen LogP contribution < -0.4 is 10.5 Å². The van der Waals surface area contributed by atoms with Gasteiger partial charge in [-0.3, -0.25) is 0 Å². The highest BCUT2D eigenvalue weighted by Crippen LogP contribution is 2.30. The van der Waals surface area contributed by atoms with Crippen LogP contribution in [0.5, 0.6) is 0 Å². The van der Waals surface area contributed by atoms with Crippen LogP contribution in [0.15, 0.2) is 41.9 Å². The van der Waals surface area contributed by atoms with Crippen molar-refractivity contribution in [3.63, 3.8) is 0 Å². The maximum Gasteiger partial charge on any atom is 0.240 e. The molecule has 1 fully saturated rings. The number of nitrogens with one attached hydrogen (secondary N) is 1. The molecule has 3 N–H and O–H groups in total.